The Bertz CT molecular complexity index is 499. The quantitative estimate of drug-likeness (QED) is 0.280. The van der Waals surface area contributed by atoms with Crippen LogP contribution < -0.4 is 9.47 Å². The van der Waals surface area contributed by atoms with Crippen molar-refractivity contribution in [2.75, 3.05) is 13.2 Å². The molecule has 1 aromatic rings. The van der Waals surface area contributed by atoms with E-state index in [0.29, 0.717) is 35.8 Å². The molecule has 0 unspecified atom stereocenters. The molecule has 4 nitrogen and oxygen atoms in total. The van der Waals surface area contributed by atoms with E-state index < -0.39 is 0 Å². The van der Waals surface area contributed by atoms with Crippen molar-refractivity contribution in [3.05, 3.63) is 48.6 Å². The van der Waals surface area contributed by atoms with Crippen molar-refractivity contribution < 1.29 is 19.1 Å². The van der Waals surface area contributed by atoms with Crippen LogP contribution in [0.4, 0.5) is 0 Å². The van der Waals surface area contributed by atoms with Gasteiger partial charge in [0.15, 0.2) is 12.6 Å². The average Bonchev–Trinajstić information content (AvgIpc) is 2.61. The highest BCUT2D eigenvalue weighted by Crippen LogP contribution is 2.27. The van der Waals surface area contributed by atoms with Gasteiger partial charge in [-0.3, -0.25) is 9.59 Å². The molecule has 0 radical (unpaired) electrons. The van der Waals surface area contributed by atoms with Crippen LogP contribution >= 0.6 is 0 Å². The van der Waals surface area contributed by atoms with E-state index in [4.69, 9.17) is 9.47 Å². The molecule has 0 aliphatic heterocycles. The Balaban J connectivity index is 2.69. The van der Waals surface area contributed by atoms with Gasteiger partial charge in [-0.15, -0.1) is 13.2 Å². The molecular weight excluding hydrogens is 304 g/mol. The van der Waals surface area contributed by atoms with E-state index in [1.165, 1.54) is 0 Å². The molecule has 0 fully saturated rings. The molecule has 0 saturated carbocycles. The maximum absolute atomic E-state index is 11.3. The number of ether oxygens (including phenoxy) is 2. The Hall–Kier alpha value is -2.36. The summed E-state index contributed by atoms with van der Waals surface area (Å²) in [6.07, 6.45) is 10.7. The third-order valence-electron chi connectivity index (χ3n) is 3.52. The second kappa shape index (κ2) is 12.1. The van der Waals surface area contributed by atoms with E-state index in [2.05, 4.69) is 13.2 Å². The Morgan fingerprint density at radius 3 is 1.50 bits per heavy atom. The van der Waals surface area contributed by atoms with Gasteiger partial charge >= 0.3 is 0 Å². The zero-order valence-corrected chi connectivity index (χ0v) is 14.2. The minimum absolute atomic E-state index is 0.394. The Kier molecular flexibility index (Phi) is 9.93. The summed E-state index contributed by atoms with van der Waals surface area (Å²) in [4.78, 5) is 22.6. The number of carbonyl (C=O) groups excluding carboxylic acids is 2. The number of benzene rings is 1. The highest BCUT2D eigenvalue weighted by molar-refractivity contribution is 5.87. The molecule has 0 spiro atoms. The van der Waals surface area contributed by atoms with Gasteiger partial charge in [0.25, 0.3) is 0 Å². The predicted octanol–water partition coefficient (Wildman–Crippen LogP) is 4.78. The molecule has 0 aromatic heterocycles. The largest absolute Gasteiger partial charge is 0.493 e. The monoisotopic (exact) mass is 330 g/mol. The standard InChI is InChI=1S/C20H26O4/c1-3-5-7-9-11-23-19-13-18(16-22)20(14-17(19)15-21)24-12-10-8-6-4-2/h3-4,13-16H,1-2,5-12H2. The van der Waals surface area contributed by atoms with Gasteiger partial charge in [-0.25, -0.2) is 0 Å². The molecule has 0 N–H and O–H groups in total. The summed E-state index contributed by atoms with van der Waals surface area (Å²) in [5.74, 6) is 0.842. The first-order valence-corrected chi connectivity index (χ1v) is 8.32. The molecule has 0 heterocycles. The van der Waals surface area contributed by atoms with Gasteiger partial charge in [0.2, 0.25) is 0 Å². The fourth-order valence-electron chi connectivity index (χ4n) is 2.17. The lowest BCUT2D eigenvalue weighted by molar-refractivity contribution is 0.110. The summed E-state index contributed by atoms with van der Waals surface area (Å²) in [6.45, 7) is 8.33. The lowest BCUT2D eigenvalue weighted by Crippen LogP contribution is -2.04. The maximum atomic E-state index is 11.3. The van der Waals surface area contributed by atoms with Gasteiger partial charge in [0.05, 0.1) is 24.3 Å². The maximum Gasteiger partial charge on any atom is 0.153 e. The van der Waals surface area contributed by atoms with Gasteiger partial charge in [0, 0.05) is 0 Å². The van der Waals surface area contributed by atoms with Crippen LogP contribution in [0.2, 0.25) is 0 Å². The molecule has 1 rings (SSSR count). The number of hydrogen-bond donors (Lipinski definition) is 0. The van der Waals surface area contributed by atoms with Gasteiger partial charge in [0.1, 0.15) is 11.5 Å². The molecular formula is C20H26O4. The van der Waals surface area contributed by atoms with E-state index in [1.807, 2.05) is 12.2 Å². The van der Waals surface area contributed by atoms with Crippen LogP contribution in [0, 0.1) is 0 Å². The van der Waals surface area contributed by atoms with Gasteiger partial charge < -0.3 is 9.47 Å². The average molecular weight is 330 g/mol. The summed E-state index contributed by atoms with van der Waals surface area (Å²) >= 11 is 0. The van der Waals surface area contributed by atoms with E-state index in [-0.39, 0.29) is 0 Å². The van der Waals surface area contributed by atoms with Crippen molar-refractivity contribution in [3.8, 4) is 11.5 Å². The van der Waals surface area contributed by atoms with Crippen LogP contribution in [-0.4, -0.2) is 25.8 Å². The SMILES string of the molecule is C=CCCCCOc1cc(C=O)c(OCCCCC=C)cc1C=O. The van der Waals surface area contributed by atoms with E-state index in [9.17, 15) is 9.59 Å². The molecule has 0 saturated heterocycles. The van der Waals surface area contributed by atoms with Crippen LogP contribution in [0.3, 0.4) is 0 Å². The summed E-state index contributed by atoms with van der Waals surface area (Å²) in [7, 11) is 0. The number of aldehydes is 2. The topological polar surface area (TPSA) is 52.6 Å². The highest BCUT2D eigenvalue weighted by Gasteiger charge is 2.11. The number of hydrogen-bond acceptors (Lipinski definition) is 4. The van der Waals surface area contributed by atoms with Gasteiger partial charge in [-0.2, -0.15) is 0 Å². The molecule has 0 aliphatic rings. The summed E-state index contributed by atoms with van der Waals surface area (Å²) in [5.41, 5.74) is 0.788. The second-order valence-electron chi connectivity index (χ2n) is 5.43. The van der Waals surface area contributed by atoms with Crippen molar-refractivity contribution in [2.45, 2.75) is 38.5 Å². The van der Waals surface area contributed by atoms with Gasteiger partial charge in [-0.1, -0.05) is 12.2 Å². The Morgan fingerprint density at radius 1 is 0.750 bits per heavy atom. The van der Waals surface area contributed by atoms with E-state index in [0.717, 1.165) is 51.1 Å². The van der Waals surface area contributed by atoms with Crippen molar-refractivity contribution in [1.82, 2.24) is 0 Å². The zero-order valence-electron chi connectivity index (χ0n) is 14.2. The minimum Gasteiger partial charge on any atom is -0.493 e. The fourth-order valence-corrected chi connectivity index (χ4v) is 2.17. The van der Waals surface area contributed by atoms with E-state index in [1.54, 1.807) is 12.1 Å². The fraction of sp³-hybridized carbons (Fsp3) is 0.400. The zero-order chi connectivity index (χ0) is 17.6. The van der Waals surface area contributed by atoms with Crippen LogP contribution in [-0.2, 0) is 0 Å². The predicted molar refractivity (Wildman–Crippen MR) is 96.3 cm³/mol. The van der Waals surface area contributed by atoms with Gasteiger partial charge in [-0.05, 0) is 50.7 Å². The first-order valence-electron chi connectivity index (χ1n) is 8.32. The lowest BCUT2D eigenvalue weighted by Gasteiger charge is -2.13. The highest BCUT2D eigenvalue weighted by atomic mass is 16.5. The van der Waals surface area contributed by atoms with Crippen LogP contribution in [0.25, 0.3) is 0 Å². The normalized spacial score (nSPS) is 10.0. The molecule has 0 aliphatic carbocycles. The van der Waals surface area contributed by atoms with Crippen molar-refractivity contribution in [3.63, 3.8) is 0 Å². The van der Waals surface area contributed by atoms with Crippen molar-refractivity contribution >= 4 is 12.6 Å². The molecule has 24 heavy (non-hydrogen) atoms. The smallest absolute Gasteiger partial charge is 0.153 e. The number of carbonyl (C=O) groups is 2. The summed E-state index contributed by atoms with van der Waals surface area (Å²) < 4.78 is 11.3. The number of allylic oxidation sites excluding steroid dienone is 2. The molecule has 0 amide bonds. The minimum atomic E-state index is 0.394. The third kappa shape index (κ3) is 6.82. The molecule has 0 bridgehead atoms. The second-order valence-corrected chi connectivity index (χ2v) is 5.43. The van der Waals surface area contributed by atoms with Crippen LogP contribution in [0.15, 0.2) is 37.4 Å². The van der Waals surface area contributed by atoms with Crippen LogP contribution in [0.5, 0.6) is 11.5 Å². The first-order chi connectivity index (χ1) is 11.8. The van der Waals surface area contributed by atoms with Crippen molar-refractivity contribution in [1.29, 1.82) is 0 Å². The van der Waals surface area contributed by atoms with Crippen molar-refractivity contribution in [2.24, 2.45) is 0 Å². The number of unbranched alkanes of at least 4 members (excludes halogenated alkanes) is 4. The van der Waals surface area contributed by atoms with Crippen LogP contribution in [0.1, 0.15) is 59.2 Å². The third-order valence-corrected chi connectivity index (χ3v) is 3.52. The Morgan fingerprint density at radius 2 is 1.17 bits per heavy atom. The number of rotatable bonds is 14. The lowest BCUT2D eigenvalue weighted by atomic mass is 10.1. The summed E-state index contributed by atoms with van der Waals surface area (Å²) in [6, 6.07) is 3.15. The van der Waals surface area contributed by atoms with E-state index >= 15 is 0 Å². The first kappa shape index (κ1) is 19.7. The molecule has 130 valence electrons. The molecule has 1 aromatic carbocycles. The summed E-state index contributed by atoms with van der Waals surface area (Å²) in [5, 5.41) is 0. The molecule has 0 atom stereocenters. The Labute approximate surface area is 144 Å². The molecule has 4 heteroatoms.